The second-order valence-corrected chi connectivity index (χ2v) is 9.20. The average Bonchev–Trinajstić information content (AvgIpc) is 2.71. The number of fused-ring (bicyclic) bond motifs is 1. The first-order valence-corrected chi connectivity index (χ1v) is 11.1. The lowest BCUT2D eigenvalue weighted by Gasteiger charge is -2.18. The van der Waals surface area contributed by atoms with E-state index < -0.39 is 17.9 Å². The predicted molar refractivity (Wildman–Crippen MR) is 125 cm³/mol. The topological polar surface area (TPSA) is 101 Å². The molecular weight excluding hydrogens is 530 g/mol. The zero-order valence-corrected chi connectivity index (χ0v) is 20.5. The molecule has 0 radical (unpaired) electrons. The monoisotopic (exact) mass is 549 g/mol. The molecule has 162 valence electrons. The third-order valence-corrected chi connectivity index (χ3v) is 6.10. The molecular formula is C22H21Br2N3O4. The number of aromatic nitrogens is 2. The molecule has 31 heavy (non-hydrogen) atoms. The highest BCUT2D eigenvalue weighted by atomic mass is 79.9. The fourth-order valence-corrected chi connectivity index (χ4v) is 4.36. The van der Waals surface area contributed by atoms with E-state index >= 15 is 0 Å². The van der Waals surface area contributed by atoms with Crippen LogP contribution in [0.5, 0.6) is 11.5 Å². The van der Waals surface area contributed by atoms with Gasteiger partial charge < -0.3 is 15.2 Å². The van der Waals surface area contributed by atoms with Crippen molar-refractivity contribution in [1.82, 2.24) is 15.5 Å². The van der Waals surface area contributed by atoms with E-state index in [4.69, 9.17) is 4.74 Å². The summed E-state index contributed by atoms with van der Waals surface area (Å²) in [6.07, 6.45) is 0. The maximum absolute atomic E-state index is 12.6. The zero-order valence-electron chi connectivity index (χ0n) is 17.4. The molecule has 0 aliphatic heterocycles. The van der Waals surface area contributed by atoms with E-state index in [2.05, 4.69) is 47.4 Å². The van der Waals surface area contributed by atoms with Gasteiger partial charge in [-0.25, -0.2) is 4.79 Å². The zero-order chi connectivity index (χ0) is 22.9. The number of nitrogens with one attached hydrogen (secondary N) is 1. The summed E-state index contributed by atoms with van der Waals surface area (Å²) in [5.41, 5.74) is 2.96. The number of hydrogen-bond donors (Lipinski definition) is 2. The van der Waals surface area contributed by atoms with Crippen LogP contribution < -0.4 is 10.1 Å². The van der Waals surface area contributed by atoms with Crippen LogP contribution in [0.3, 0.4) is 0 Å². The molecule has 2 aromatic carbocycles. The highest BCUT2D eigenvalue weighted by molar-refractivity contribution is 9.11. The Hall–Kier alpha value is -2.52. The number of carbonyl (C=O) groups is 2. The van der Waals surface area contributed by atoms with Crippen molar-refractivity contribution >= 4 is 54.6 Å². The maximum Gasteiger partial charge on any atom is 0.326 e. The van der Waals surface area contributed by atoms with Crippen LogP contribution >= 0.6 is 31.9 Å². The van der Waals surface area contributed by atoms with Gasteiger partial charge in [0.1, 0.15) is 11.8 Å². The van der Waals surface area contributed by atoms with Crippen molar-refractivity contribution in [1.29, 1.82) is 0 Å². The van der Waals surface area contributed by atoms with Gasteiger partial charge in [-0.15, -0.1) is 0 Å². The molecule has 7 nitrogen and oxygen atoms in total. The first-order valence-electron chi connectivity index (χ1n) is 9.52. The molecule has 1 aromatic heterocycles. The summed E-state index contributed by atoms with van der Waals surface area (Å²) in [5.74, 6) is -0.712. The lowest BCUT2D eigenvalue weighted by Crippen LogP contribution is -2.44. The van der Waals surface area contributed by atoms with Gasteiger partial charge in [0, 0.05) is 10.9 Å². The Balaban J connectivity index is 1.89. The van der Waals surface area contributed by atoms with Crippen LogP contribution in [0.4, 0.5) is 0 Å². The van der Waals surface area contributed by atoms with E-state index in [0.29, 0.717) is 26.0 Å². The van der Waals surface area contributed by atoms with Gasteiger partial charge in [-0.3, -0.25) is 4.79 Å². The number of carboxylic acids is 1. The Morgan fingerprint density at radius 1 is 1.06 bits per heavy atom. The van der Waals surface area contributed by atoms with Crippen LogP contribution in [-0.4, -0.2) is 33.2 Å². The number of ether oxygens (including phenoxy) is 1. The minimum absolute atomic E-state index is 0.249. The van der Waals surface area contributed by atoms with E-state index in [9.17, 15) is 14.7 Å². The van der Waals surface area contributed by atoms with Crippen LogP contribution in [0.1, 0.15) is 35.5 Å². The van der Waals surface area contributed by atoms with Gasteiger partial charge in [-0.2, -0.15) is 10.2 Å². The van der Waals surface area contributed by atoms with Crippen LogP contribution in [0.2, 0.25) is 0 Å². The largest absolute Gasteiger partial charge is 0.480 e. The Morgan fingerprint density at radius 3 is 2.29 bits per heavy atom. The molecule has 3 aromatic rings. The van der Waals surface area contributed by atoms with Gasteiger partial charge in [-0.05, 0) is 87.5 Å². The fourth-order valence-electron chi connectivity index (χ4n) is 3.01. The number of halogens is 2. The maximum atomic E-state index is 12.6. The first-order chi connectivity index (χ1) is 14.6. The molecule has 0 unspecified atom stereocenters. The van der Waals surface area contributed by atoms with Crippen LogP contribution in [0, 0.1) is 19.8 Å². The Labute approximate surface area is 196 Å². The van der Waals surface area contributed by atoms with Gasteiger partial charge in [0.2, 0.25) is 0 Å². The van der Waals surface area contributed by atoms with Gasteiger partial charge in [0.15, 0.2) is 5.75 Å². The Bertz CT molecular complexity index is 1160. The van der Waals surface area contributed by atoms with Crippen molar-refractivity contribution in [3.8, 4) is 11.5 Å². The Morgan fingerprint density at radius 2 is 1.71 bits per heavy atom. The molecule has 0 bridgehead atoms. The molecule has 0 spiro atoms. The van der Waals surface area contributed by atoms with Crippen molar-refractivity contribution in [3.05, 3.63) is 56.1 Å². The summed E-state index contributed by atoms with van der Waals surface area (Å²) in [6.45, 7) is 7.36. The van der Waals surface area contributed by atoms with Crippen LogP contribution in [-0.2, 0) is 4.79 Å². The number of carbonyl (C=O) groups excluding carboxylic acids is 1. The highest BCUT2D eigenvalue weighted by Crippen LogP contribution is 2.38. The first kappa shape index (κ1) is 23.1. The highest BCUT2D eigenvalue weighted by Gasteiger charge is 2.25. The normalized spacial score (nSPS) is 12.1. The lowest BCUT2D eigenvalue weighted by atomic mass is 10.0. The van der Waals surface area contributed by atoms with Crippen LogP contribution in [0.25, 0.3) is 10.9 Å². The molecule has 1 atom stereocenters. The third kappa shape index (κ3) is 5.04. The van der Waals surface area contributed by atoms with E-state index in [-0.39, 0.29) is 5.92 Å². The van der Waals surface area contributed by atoms with Crippen molar-refractivity contribution < 1.29 is 19.4 Å². The molecule has 0 saturated carbocycles. The molecule has 0 aliphatic carbocycles. The fraction of sp³-hybridized carbons (Fsp3) is 0.273. The van der Waals surface area contributed by atoms with Crippen molar-refractivity contribution in [2.45, 2.75) is 33.7 Å². The van der Waals surface area contributed by atoms with Gasteiger partial charge >= 0.3 is 5.97 Å². The summed E-state index contributed by atoms with van der Waals surface area (Å²) < 4.78 is 7.16. The number of hydrogen-bond acceptors (Lipinski definition) is 5. The van der Waals surface area contributed by atoms with Crippen molar-refractivity contribution in [2.24, 2.45) is 5.92 Å². The minimum atomic E-state index is -1.08. The molecule has 1 heterocycles. The van der Waals surface area contributed by atoms with Crippen LogP contribution in [0.15, 0.2) is 39.3 Å². The average molecular weight is 551 g/mol. The third-order valence-electron chi connectivity index (χ3n) is 4.92. The van der Waals surface area contributed by atoms with Gasteiger partial charge in [-0.1, -0.05) is 13.8 Å². The smallest absolute Gasteiger partial charge is 0.326 e. The number of aryl methyl sites for hydroxylation is 2. The molecule has 1 amide bonds. The molecule has 0 aliphatic rings. The summed E-state index contributed by atoms with van der Waals surface area (Å²) in [5, 5.41) is 21.1. The number of nitrogens with zero attached hydrogens (tertiary/aromatic N) is 2. The van der Waals surface area contributed by atoms with E-state index in [1.54, 1.807) is 32.0 Å². The molecule has 0 saturated heterocycles. The minimum Gasteiger partial charge on any atom is -0.480 e. The Kier molecular flexibility index (Phi) is 6.96. The molecule has 2 N–H and O–H groups in total. The van der Waals surface area contributed by atoms with E-state index in [0.717, 1.165) is 22.2 Å². The number of rotatable bonds is 6. The SMILES string of the molecule is Cc1nnc2ccc(Oc3c(Br)cc(C(=O)N[C@H](C(=O)O)C(C)C)cc3Br)cc2c1C. The van der Waals surface area contributed by atoms with Gasteiger partial charge in [0.25, 0.3) is 5.91 Å². The summed E-state index contributed by atoms with van der Waals surface area (Å²) in [6, 6.07) is 7.74. The second kappa shape index (κ2) is 9.32. The summed E-state index contributed by atoms with van der Waals surface area (Å²) in [4.78, 5) is 24.0. The summed E-state index contributed by atoms with van der Waals surface area (Å²) >= 11 is 6.90. The van der Waals surface area contributed by atoms with Crippen molar-refractivity contribution in [3.63, 3.8) is 0 Å². The standard InChI is InChI=1S/C22H21Br2N3O4/c1-10(2)19(22(29)30)25-21(28)13-7-16(23)20(17(24)8-13)31-14-5-6-18-15(9-14)11(3)12(4)26-27-18/h5-10,19H,1-4H3,(H,25,28)(H,29,30)/t19-/m0/s1. The molecule has 9 heteroatoms. The second-order valence-electron chi connectivity index (χ2n) is 7.49. The quantitative estimate of drug-likeness (QED) is 0.426. The predicted octanol–water partition coefficient (Wildman–Crippen LogP) is 5.40. The lowest BCUT2D eigenvalue weighted by molar-refractivity contribution is -0.140. The number of carboxylic acid groups (broad SMARTS) is 1. The van der Waals surface area contributed by atoms with Crippen molar-refractivity contribution in [2.75, 3.05) is 0 Å². The van der Waals surface area contributed by atoms with E-state index in [1.165, 1.54) is 0 Å². The summed E-state index contributed by atoms with van der Waals surface area (Å²) in [7, 11) is 0. The van der Waals surface area contributed by atoms with Gasteiger partial charge in [0.05, 0.1) is 20.2 Å². The number of benzene rings is 2. The van der Waals surface area contributed by atoms with E-state index in [1.807, 2.05) is 26.0 Å². The molecule has 0 fully saturated rings. The molecule has 3 rings (SSSR count). The number of amides is 1. The number of aliphatic carboxylic acids is 1.